The van der Waals surface area contributed by atoms with E-state index in [2.05, 4.69) is 4.84 Å². The summed E-state index contributed by atoms with van der Waals surface area (Å²) < 4.78 is 19.1. The molecule has 17 heavy (non-hydrogen) atoms. The van der Waals surface area contributed by atoms with Crippen molar-refractivity contribution >= 4 is 11.6 Å². The number of hydrogen-bond donors (Lipinski definition) is 2. The van der Waals surface area contributed by atoms with Crippen LogP contribution in [0.15, 0.2) is 18.2 Å². The molecule has 1 aliphatic rings. The Balaban J connectivity index is 2.39. The average Bonchev–Trinajstić information content (AvgIpc) is 2.38. The van der Waals surface area contributed by atoms with Crippen LogP contribution in [0.5, 0.6) is 0 Å². The minimum Gasteiger partial charge on any atom is -0.391 e. The first kappa shape index (κ1) is 11.8. The van der Waals surface area contributed by atoms with Crippen molar-refractivity contribution in [3.8, 4) is 0 Å². The predicted octanol–water partition coefficient (Wildman–Crippen LogP) is 0.878. The predicted molar refractivity (Wildman–Crippen MR) is 61.5 cm³/mol. The second kappa shape index (κ2) is 5.11. The average molecular weight is 239 g/mol. The Labute approximate surface area is 98.4 Å². The maximum Gasteiger partial charge on any atom is 0.239 e. The van der Waals surface area contributed by atoms with Gasteiger partial charge in [-0.3, -0.25) is 5.41 Å². The molecule has 0 radical (unpaired) electrons. The van der Waals surface area contributed by atoms with Crippen LogP contribution in [0.2, 0.25) is 0 Å². The summed E-state index contributed by atoms with van der Waals surface area (Å²) in [4.78, 5) is 6.22. The van der Waals surface area contributed by atoms with Gasteiger partial charge in [0.25, 0.3) is 0 Å². The van der Waals surface area contributed by atoms with Gasteiger partial charge in [-0.2, -0.15) is 5.90 Å². The maximum absolute atomic E-state index is 13.9. The van der Waals surface area contributed by atoms with E-state index in [0.29, 0.717) is 37.6 Å². The lowest BCUT2D eigenvalue weighted by Gasteiger charge is -2.30. The second-order valence-corrected chi connectivity index (χ2v) is 3.68. The number of nitrogens with zero attached hydrogens (tertiary/aromatic N) is 1. The molecule has 1 saturated heterocycles. The van der Waals surface area contributed by atoms with E-state index >= 15 is 0 Å². The van der Waals surface area contributed by atoms with Crippen molar-refractivity contribution in [2.24, 2.45) is 5.90 Å². The van der Waals surface area contributed by atoms with E-state index in [0.717, 1.165) is 0 Å². The van der Waals surface area contributed by atoms with Crippen LogP contribution in [0.1, 0.15) is 5.56 Å². The Kier molecular flexibility index (Phi) is 3.55. The van der Waals surface area contributed by atoms with Gasteiger partial charge in [-0.1, -0.05) is 6.07 Å². The summed E-state index contributed by atoms with van der Waals surface area (Å²) in [5, 5.41) is 7.56. The molecule has 1 aromatic rings. The first-order chi connectivity index (χ1) is 8.24. The van der Waals surface area contributed by atoms with Gasteiger partial charge < -0.3 is 14.5 Å². The fourth-order valence-corrected chi connectivity index (χ4v) is 1.87. The van der Waals surface area contributed by atoms with Gasteiger partial charge >= 0.3 is 0 Å². The highest BCUT2D eigenvalue weighted by Gasteiger charge is 2.21. The number of rotatable bonds is 2. The number of halogens is 1. The van der Waals surface area contributed by atoms with E-state index in [1.165, 1.54) is 12.1 Å². The SMILES string of the molecule is N=C(ON)c1cccc(F)c1N1CCOCC1. The molecule has 1 aromatic carbocycles. The van der Waals surface area contributed by atoms with Crippen molar-refractivity contribution in [1.29, 1.82) is 5.41 Å². The zero-order valence-electron chi connectivity index (χ0n) is 9.28. The normalized spacial score (nSPS) is 15.8. The van der Waals surface area contributed by atoms with E-state index in [-0.39, 0.29) is 11.7 Å². The minimum absolute atomic E-state index is 0.244. The standard InChI is InChI=1S/C11H14FN3O2/c12-9-3-1-2-8(11(13)17-14)10(9)15-4-6-16-7-5-15/h1-3,13H,4-7,14H2. The molecule has 0 atom stereocenters. The van der Waals surface area contributed by atoms with Crippen molar-refractivity contribution in [2.45, 2.75) is 0 Å². The van der Waals surface area contributed by atoms with Crippen LogP contribution in [-0.2, 0) is 9.57 Å². The molecule has 0 aliphatic carbocycles. The summed E-state index contributed by atoms with van der Waals surface area (Å²) in [5.41, 5.74) is 0.709. The molecule has 0 amide bonds. The van der Waals surface area contributed by atoms with Crippen LogP contribution in [-0.4, -0.2) is 32.2 Å². The summed E-state index contributed by atoms with van der Waals surface area (Å²) in [7, 11) is 0. The largest absolute Gasteiger partial charge is 0.391 e. The third-order valence-corrected chi connectivity index (χ3v) is 2.68. The number of nitrogens with one attached hydrogen (secondary N) is 1. The molecular formula is C11H14FN3O2. The summed E-state index contributed by atoms with van der Waals surface area (Å²) >= 11 is 0. The Morgan fingerprint density at radius 2 is 2.12 bits per heavy atom. The third kappa shape index (κ3) is 2.37. The molecule has 1 heterocycles. The molecule has 0 bridgehead atoms. The third-order valence-electron chi connectivity index (χ3n) is 2.68. The lowest BCUT2D eigenvalue weighted by Crippen LogP contribution is -2.38. The highest BCUT2D eigenvalue weighted by Crippen LogP contribution is 2.25. The smallest absolute Gasteiger partial charge is 0.239 e. The minimum atomic E-state index is -0.383. The molecule has 2 rings (SSSR count). The highest BCUT2D eigenvalue weighted by atomic mass is 19.1. The number of anilines is 1. The van der Waals surface area contributed by atoms with Gasteiger partial charge in [0.05, 0.1) is 24.5 Å². The maximum atomic E-state index is 13.9. The van der Waals surface area contributed by atoms with Gasteiger partial charge in [-0.05, 0) is 12.1 Å². The van der Waals surface area contributed by atoms with Crippen LogP contribution >= 0.6 is 0 Å². The van der Waals surface area contributed by atoms with Gasteiger partial charge in [-0.25, -0.2) is 4.39 Å². The molecule has 5 nitrogen and oxygen atoms in total. The molecule has 1 fully saturated rings. The number of nitrogens with two attached hydrogens (primary N) is 1. The van der Waals surface area contributed by atoms with E-state index in [4.69, 9.17) is 16.0 Å². The zero-order valence-corrected chi connectivity index (χ0v) is 9.28. The van der Waals surface area contributed by atoms with Crippen LogP contribution < -0.4 is 10.8 Å². The summed E-state index contributed by atoms with van der Waals surface area (Å²) in [6, 6.07) is 4.50. The summed E-state index contributed by atoms with van der Waals surface area (Å²) in [6.07, 6.45) is 0. The number of hydrogen-bond acceptors (Lipinski definition) is 5. The van der Waals surface area contributed by atoms with Gasteiger partial charge in [0.1, 0.15) is 5.82 Å². The molecule has 0 spiro atoms. The van der Waals surface area contributed by atoms with Crippen molar-refractivity contribution in [3.05, 3.63) is 29.6 Å². The van der Waals surface area contributed by atoms with Crippen molar-refractivity contribution < 1.29 is 14.0 Å². The molecule has 92 valence electrons. The monoisotopic (exact) mass is 239 g/mol. The van der Waals surface area contributed by atoms with Crippen molar-refractivity contribution in [3.63, 3.8) is 0 Å². The van der Waals surface area contributed by atoms with E-state index in [1.54, 1.807) is 6.07 Å². The van der Waals surface area contributed by atoms with E-state index in [1.807, 2.05) is 4.90 Å². The van der Waals surface area contributed by atoms with Crippen LogP contribution in [0.3, 0.4) is 0 Å². The molecule has 6 heteroatoms. The Hall–Kier alpha value is -1.66. The molecular weight excluding hydrogens is 225 g/mol. The fraction of sp³-hybridized carbons (Fsp3) is 0.364. The van der Waals surface area contributed by atoms with Gasteiger partial charge in [0.15, 0.2) is 0 Å². The van der Waals surface area contributed by atoms with Crippen LogP contribution in [0, 0.1) is 11.2 Å². The van der Waals surface area contributed by atoms with Gasteiger partial charge in [-0.15, -0.1) is 0 Å². The fourth-order valence-electron chi connectivity index (χ4n) is 1.87. The highest BCUT2D eigenvalue weighted by molar-refractivity contribution is 5.97. The van der Waals surface area contributed by atoms with Crippen molar-refractivity contribution in [1.82, 2.24) is 0 Å². The molecule has 0 aromatic heterocycles. The van der Waals surface area contributed by atoms with Crippen LogP contribution in [0.4, 0.5) is 10.1 Å². The van der Waals surface area contributed by atoms with Crippen LogP contribution in [0.25, 0.3) is 0 Å². The number of ether oxygens (including phenoxy) is 1. The molecule has 0 unspecified atom stereocenters. The van der Waals surface area contributed by atoms with Gasteiger partial charge in [0.2, 0.25) is 5.90 Å². The number of benzene rings is 1. The quantitative estimate of drug-likeness (QED) is 0.456. The number of para-hydroxylation sites is 1. The topological polar surface area (TPSA) is 71.6 Å². The van der Waals surface area contributed by atoms with Crippen molar-refractivity contribution in [2.75, 3.05) is 31.2 Å². The lowest BCUT2D eigenvalue weighted by atomic mass is 10.1. The Morgan fingerprint density at radius 1 is 1.41 bits per heavy atom. The molecule has 1 aliphatic heterocycles. The first-order valence-corrected chi connectivity index (χ1v) is 5.31. The lowest BCUT2D eigenvalue weighted by molar-refractivity contribution is 0.122. The summed E-state index contributed by atoms with van der Waals surface area (Å²) in [6.45, 7) is 2.27. The van der Waals surface area contributed by atoms with E-state index < -0.39 is 0 Å². The molecule has 0 saturated carbocycles. The molecule has 3 N–H and O–H groups in total. The van der Waals surface area contributed by atoms with E-state index in [9.17, 15) is 4.39 Å². The summed E-state index contributed by atoms with van der Waals surface area (Å²) in [5.74, 6) is 4.33. The Bertz CT molecular complexity index is 419. The zero-order chi connectivity index (χ0) is 12.3. The second-order valence-electron chi connectivity index (χ2n) is 3.68. The first-order valence-electron chi connectivity index (χ1n) is 5.31. The Morgan fingerprint density at radius 3 is 2.76 bits per heavy atom. The number of morpholine rings is 1. The van der Waals surface area contributed by atoms with Gasteiger partial charge in [0, 0.05) is 13.1 Å².